The summed E-state index contributed by atoms with van der Waals surface area (Å²) in [5.41, 5.74) is 0. The van der Waals surface area contributed by atoms with Gasteiger partial charge in [0.1, 0.15) is 0 Å². The molecule has 0 rings (SSSR count). The normalized spacial score (nSPS) is 9.82. The molecule has 8 heteroatoms. The Labute approximate surface area is 93.9 Å². The molecule has 0 unspecified atom stereocenters. The molecule has 68 valence electrons. The van der Waals surface area contributed by atoms with Crippen LogP contribution in [0.1, 0.15) is 0 Å². The van der Waals surface area contributed by atoms with E-state index in [0.717, 1.165) is 0 Å². The molecule has 0 saturated carbocycles. The Bertz CT molecular complexity index is 115. The van der Waals surface area contributed by atoms with Crippen LogP contribution in [-0.4, -0.2) is 2.40 Å². The first kappa shape index (κ1) is 14.9. The molecule has 0 heterocycles. The molecule has 0 aliphatic heterocycles. The number of alkyl halides is 4. The Hall–Kier alpha value is 1.38. The fourth-order valence-corrected chi connectivity index (χ4v) is 0. The second-order valence-corrected chi connectivity index (χ2v) is 8.12. The van der Waals surface area contributed by atoms with Gasteiger partial charge < -0.3 is 0 Å². The Kier molecular flexibility index (Phi) is 9.26. The summed E-state index contributed by atoms with van der Waals surface area (Å²) in [6.07, 6.45) is -2.32. The predicted molar refractivity (Wildman–Crippen MR) is 49.9 cm³/mol. The summed E-state index contributed by atoms with van der Waals surface area (Å²) in [6.45, 7) is 0. The van der Waals surface area contributed by atoms with E-state index in [4.69, 9.17) is 0 Å². The second kappa shape index (κ2) is 6.85. The second-order valence-electron chi connectivity index (χ2n) is 0.949. The molecule has 0 aromatic rings. The molecule has 0 aromatic carbocycles. The van der Waals surface area contributed by atoms with E-state index in [1.54, 1.807) is 0 Å². The van der Waals surface area contributed by atoms with Gasteiger partial charge in [-0.1, -0.05) is 0 Å². The number of halogens is 8. The lowest BCUT2D eigenvalue weighted by Crippen LogP contribution is -1.79. The van der Waals surface area contributed by atoms with Gasteiger partial charge in [-0.15, -0.1) is 0 Å². The summed E-state index contributed by atoms with van der Waals surface area (Å²) in [5, 5.41) is 0. The molecule has 0 aromatic heterocycles. The van der Waals surface area contributed by atoms with E-state index in [1.807, 2.05) is 15.9 Å². The maximum absolute atomic E-state index is 11.4. The van der Waals surface area contributed by atoms with Crippen molar-refractivity contribution in [2.24, 2.45) is 0 Å². The van der Waals surface area contributed by atoms with Crippen LogP contribution >= 0.6 is 63.7 Å². The van der Waals surface area contributed by atoms with Crippen molar-refractivity contribution in [3.63, 3.8) is 0 Å². The van der Waals surface area contributed by atoms with Gasteiger partial charge in [-0.05, 0) is 63.7 Å². The highest BCUT2D eigenvalue weighted by Gasteiger charge is 2.11. The molecule has 0 saturated heterocycles. The highest BCUT2D eigenvalue weighted by molar-refractivity contribution is 9.39. The Morgan fingerprint density at radius 2 is 1.09 bits per heavy atom. The number of rotatable bonds is 0. The van der Waals surface area contributed by atoms with Crippen LogP contribution in [0.25, 0.3) is 0 Å². The minimum atomic E-state index is -2.32. The van der Waals surface area contributed by atoms with Crippen LogP contribution in [0.2, 0.25) is 0 Å². The lowest BCUT2D eigenvalue weighted by molar-refractivity contribution is 0.396. The van der Waals surface area contributed by atoms with Crippen LogP contribution < -0.4 is 0 Å². The maximum atomic E-state index is 11.4. The fraction of sp³-hybridized carbons (Fsp3) is 0.333. The van der Waals surface area contributed by atoms with E-state index < -0.39 is 13.2 Å². The molecule has 11 heavy (non-hydrogen) atoms. The zero-order valence-electron chi connectivity index (χ0n) is 4.52. The minimum absolute atomic E-state index is 1.56. The summed E-state index contributed by atoms with van der Waals surface area (Å²) >= 11 is 9.53. The van der Waals surface area contributed by atoms with Gasteiger partial charge in [-0.25, -0.2) is 4.39 Å². The number of hydrogen-bond acceptors (Lipinski definition) is 0. The van der Waals surface area contributed by atoms with Gasteiger partial charge in [-0.3, -0.25) is 0 Å². The van der Waals surface area contributed by atoms with Gasteiger partial charge in [0, 0.05) is 0 Å². The first-order valence-electron chi connectivity index (χ1n) is 1.76. The van der Waals surface area contributed by atoms with Gasteiger partial charge in [0.05, 0.1) is 0 Å². The Morgan fingerprint density at radius 1 is 1.00 bits per heavy atom. The zero-order valence-corrected chi connectivity index (χ0v) is 10.9. The first-order valence-corrected chi connectivity index (χ1v) is 4.93. The molecule has 0 fully saturated rings. The third-order valence-corrected chi connectivity index (χ3v) is 0.443. The van der Waals surface area contributed by atoms with Gasteiger partial charge in [0.25, 0.3) is 2.40 Å². The monoisotopic (exact) mass is 428 g/mol. The van der Waals surface area contributed by atoms with E-state index in [9.17, 15) is 17.6 Å². The molecule has 0 bridgehead atoms. The zero-order chi connectivity index (χ0) is 9.65. The summed E-state index contributed by atoms with van der Waals surface area (Å²) in [5.74, 6) is 0. The first-order chi connectivity index (χ1) is 4.64. The molecule has 0 spiro atoms. The third-order valence-electron chi connectivity index (χ3n) is 0.143. The van der Waals surface area contributed by atoms with Crippen molar-refractivity contribution in [1.29, 1.82) is 0 Å². The summed E-state index contributed by atoms with van der Waals surface area (Å²) in [7, 11) is 0. The highest BCUT2D eigenvalue weighted by Crippen LogP contribution is 2.34. The highest BCUT2D eigenvalue weighted by atomic mass is 80.0. The van der Waals surface area contributed by atoms with Crippen molar-refractivity contribution in [1.82, 2.24) is 0 Å². The average Bonchev–Trinajstić information content (AvgIpc) is 1.59. The van der Waals surface area contributed by atoms with Crippen molar-refractivity contribution in [2.75, 3.05) is 0 Å². The van der Waals surface area contributed by atoms with E-state index in [-0.39, 0.29) is 0 Å². The molecule has 0 aliphatic carbocycles. The molecule has 0 atom stereocenters. The van der Waals surface area contributed by atoms with Crippen molar-refractivity contribution >= 4 is 63.7 Å². The molecular formula is C3Br4F4. The van der Waals surface area contributed by atoms with Crippen LogP contribution in [0.15, 0.2) is 10.8 Å². The fourth-order valence-electron chi connectivity index (χ4n) is 0. The van der Waals surface area contributed by atoms with Crippen molar-refractivity contribution in [2.45, 2.75) is 2.40 Å². The quantitative estimate of drug-likeness (QED) is 0.367. The van der Waals surface area contributed by atoms with Crippen LogP contribution in [0.3, 0.4) is 0 Å². The lowest BCUT2D eigenvalue weighted by Gasteiger charge is -1.91. The van der Waals surface area contributed by atoms with Crippen LogP contribution in [0.5, 0.6) is 0 Å². The van der Waals surface area contributed by atoms with Gasteiger partial charge in [-0.2, -0.15) is 13.2 Å². The molecular weight excluding hydrogens is 432 g/mol. The standard InChI is InChI=1S/C2BrF3.CBr3F/c3-1(4)2(5)6;2-1(3,4)5. The van der Waals surface area contributed by atoms with Crippen LogP contribution in [-0.2, 0) is 0 Å². The van der Waals surface area contributed by atoms with E-state index in [1.165, 1.54) is 0 Å². The Balaban J connectivity index is 0. The summed E-state index contributed by atoms with van der Waals surface area (Å²) in [6, 6.07) is 0. The van der Waals surface area contributed by atoms with Crippen LogP contribution in [0.4, 0.5) is 17.6 Å². The molecule has 0 aliphatic rings. The molecule has 0 amide bonds. The topological polar surface area (TPSA) is 0 Å². The summed E-state index contributed by atoms with van der Waals surface area (Å²) < 4.78 is 40.4. The summed E-state index contributed by atoms with van der Waals surface area (Å²) in [4.78, 5) is 0. The van der Waals surface area contributed by atoms with Crippen molar-refractivity contribution in [3.05, 3.63) is 10.8 Å². The van der Waals surface area contributed by atoms with Crippen molar-refractivity contribution < 1.29 is 17.6 Å². The SMILES string of the molecule is FC(Br)(Br)Br.FC(F)=C(F)Br. The van der Waals surface area contributed by atoms with E-state index in [0.29, 0.717) is 0 Å². The van der Waals surface area contributed by atoms with E-state index >= 15 is 0 Å². The minimum Gasteiger partial charge on any atom is -0.206 e. The van der Waals surface area contributed by atoms with Crippen LogP contribution in [0, 0.1) is 0 Å². The van der Waals surface area contributed by atoms with Crippen molar-refractivity contribution in [3.8, 4) is 0 Å². The van der Waals surface area contributed by atoms with Gasteiger partial charge in [0.15, 0.2) is 0 Å². The van der Waals surface area contributed by atoms with Gasteiger partial charge in [0.2, 0.25) is 4.74 Å². The average molecular weight is 432 g/mol. The molecule has 0 radical (unpaired) electrons. The van der Waals surface area contributed by atoms with E-state index in [2.05, 4.69) is 47.8 Å². The third kappa shape index (κ3) is 34.6. The lowest BCUT2D eigenvalue weighted by atomic mass is 11.1. The molecule has 0 N–H and O–H groups in total. The Morgan fingerprint density at radius 3 is 1.09 bits per heavy atom. The maximum Gasteiger partial charge on any atom is 0.312 e. The number of hydrogen-bond donors (Lipinski definition) is 0. The molecule has 0 nitrogen and oxygen atoms in total. The smallest absolute Gasteiger partial charge is 0.206 e. The predicted octanol–water partition coefficient (Wildman–Crippen LogP) is 5.17. The van der Waals surface area contributed by atoms with Gasteiger partial charge >= 0.3 is 6.08 Å². The largest absolute Gasteiger partial charge is 0.312 e.